The van der Waals surface area contributed by atoms with Gasteiger partial charge in [-0.3, -0.25) is 4.79 Å². The van der Waals surface area contributed by atoms with Gasteiger partial charge in [0.05, 0.1) is 20.7 Å². The molecule has 8 nitrogen and oxygen atoms in total. The molecular weight excluding hydrogens is 498 g/mol. The molecule has 0 spiro atoms. The highest BCUT2D eigenvalue weighted by atomic mass is 32.2. The summed E-state index contributed by atoms with van der Waals surface area (Å²) in [7, 11) is -3.61. The van der Waals surface area contributed by atoms with Gasteiger partial charge in [-0.05, 0) is 30.3 Å². The lowest BCUT2D eigenvalue weighted by Crippen LogP contribution is -2.51. The Hall–Kier alpha value is -3.60. The van der Waals surface area contributed by atoms with E-state index in [2.05, 4.69) is 4.98 Å². The van der Waals surface area contributed by atoms with Crippen LogP contribution in [0.5, 0.6) is 0 Å². The topological polar surface area (TPSA) is 96.9 Å². The predicted octanol–water partition coefficient (Wildman–Crippen LogP) is 3.65. The summed E-state index contributed by atoms with van der Waals surface area (Å²) in [6, 6.07) is 23.0. The molecule has 0 unspecified atom stereocenters. The molecule has 0 bridgehead atoms. The second-order valence-corrected chi connectivity index (χ2v) is 11.2. The van der Waals surface area contributed by atoms with E-state index in [0.29, 0.717) is 16.1 Å². The first-order valence-electron chi connectivity index (χ1n) is 11.4. The Balaban J connectivity index is 1.21. The summed E-state index contributed by atoms with van der Waals surface area (Å²) in [6.07, 6.45) is 0. The van der Waals surface area contributed by atoms with Crippen LogP contribution in [0.15, 0.2) is 83.8 Å². The molecule has 0 aliphatic carbocycles. The molecule has 5 rings (SSSR count). The molecule has 1 aliphatic rings. The van der Waals surface area contributed by atoms with Crippen LogP contribution in [-0.2, 0) is 19.6 Å². The summed E-state index contributed by atoms with van der Waals surface area (Å²) >= 11 is 1.48. The number of para-hydroxylation sites is 1. The Bertz CT molecular complexity index is 1480. The Labute approximate surface area is 212 Å². The number of benzene rings is 3. The maximum absolute atomic E-state index is 12.9. The van der Waals surface area contributed by atoms with Gasteiger partial charge < -0.3 is 9.64 Å². The summed E-state index contributed by atoms with van der Waals surface area (Å²) in [5.74, 6) is -0.971. The number of carbonyl (C=O) groups excluding carboxylic acids is 2. The van der Waals surface area contributed by atoms with Gasteiger partial charge in [0.1, 0.15) is 5.01 Å². The molecule has 1 aliphatic heterocycles. The van der Waals surface area contributed by atoms with Gasteiger partial charge >= 0.3 is 5.97 Å². The third kappa shape index (κ3) is 4.88. The molecule has 1 saturated heterocycles. The molecule has 3 aromatic carbocycles. The molecule has 1 amide bonds. The third-order valence-corrected chi connectivity index (χ3v) is 8.95. The lowest BCUT2D eigenvalue weighted by atomic mass is 10.1. The minimum Gasteiger partial charge on any atom is -0.452 e. The van der Waals surface area contributed by atoms with Gasteiger partial charge in [-0.25, -0.2) is 18.2 Å². The third-order valence-electron chi connectivity index (χ3n) is 5.97. The number of sulfonamides is 1. The average molecular weight is 522 g/mol. The zero-order valence-corrected chi connectivity index (χ0v) is 20.9. The first kappa shape index (κ1) is 24.1. The Kier molecular flexibility index (Phi) is 6.82. The maximum Gasteiger partial charge on any atom is 0.339 e. The van der Waals surface area contributed by atoms with Crippen LogP contribution in [0.4, 0.5) is 0 Å². The average Bonchev–Trinajstić information content (AvgIpc) is 3.36. The van der Waals surface area contributed by atoms with E-state index in [0.717, 1.165) is 10.2 Å². The van der Waals surface area contributed by atoms with Crippen LogP contribution in [0.1, 0.15) is 10.4 Å². The van der Waals surface area contributed by atoms with E-state index in [1.165, 1.54) is 20.5 Å². The Morgan fingerprint density at radius 2 is 1.53 bits per heavy atom. The number of carbonyl (C=O) groups is 2. The fourth-order valence-corrected chi connectivity index (χ4v) is 6.50. The molecule has 10 heteroatoms. The van der Waals surface area contributed by atoms with Crippen molar-refractivity contribution in [3.8, 4) is 10.6 Å². The van der Waals surface area contributed by atoms with Gasteiger partial charge in [-0.1, -0.05) is 48.5 Å². The van der Waals surface area contributed by atoms with Crippen molar-refractivity contribution in [2.24, 2.45) is 0 Å². The molecule has 36 heavy (non-hydrogen) atoms. The van der Waals surface area contributed by atoms with Crippen LogP contribution in [0.3, 0.4) is 0 Å². The number of rotatable bonds is 6. The van der Waals surface area contributed by atoms with E-state index in [-0.39, 0.29) is 37.0 Å². The van der Waals surface area contributed by atoms with Crippen molar-refractivity contribution in [1.29, 1.82) is 0 Å². The predicted molar refractivity (Wildman–Crippen MR) is 137 cm³/mol. The number of fused-ring (bicyclic) bond motifs is 1. The van der Waals surface area contributed by atoms with Crippen LogP contribution in [0.2, 0.25) is 0 Å². The maximum atomic E-state index is 12.9. The second kappa shape index (κ2) is 10.2. The lowest BCUT2D eigenvalue weighted by Gasteiger charge is -2.33. The van der Waals surface area contributed by atoms with E-state index in [1.807, 2.05) is 36.4 Å². The highest BCUT2D eigenvalue weighted by Gasteiger charge is 2.30. The van der Waals surface area contributed by atoms with Crippen LogP contribution in [0.25, 0.3) is 20.8 Å². The first-order chi connectivity index (χ1) is 17.4. The van der Waals surface area contributed by atoms with E-state index in [1.54, 1.807) is 42.5 Å². The van der Waals surface area contributed by atoms with Gasteiger partial charge in [0.2, 0.25) is 10.0 Å². The minimum absolute atomic E-state index is 0.178. The quantitative estimate of drug-likeness (QED) is 0.360. The molecule has 1 fully saturated rings. The molecular formula is C26H23N3O5S2. The van der Waals surface area contributed by atoms with Gasteiger partial charge in [-0.2, -0.15) is 4.31 Å². The number of ether oxygens (including phenoxy) is 1. The molecule has 0 N–H and O–H groups in total. The number of hydrogen-bond donors (Lipinski definition) is 0. The Morgan fingerprint density at radius 3 is 2.28 bits per heavy atom. The normalized spacial score (nSPS) is 14.6. The summed E-state index contributed by atoms with van der Waals surface area (Å²) in [4.78, 5) is 32.0. The molecule has 1 aromatic heterocycles. The Morgan fingerprint density at radius 1 is 0.861 bits per heavy atom. The molecule has 0 radical (unpaired) electrons. The summed E-state index contributed by atoms with van der Waals surface area (Å²) in [6.45, 7) is 0.392. The van der Waals surface area contributed by atoms with Crippen LogP contribution >= 0.6 is 11.3 Å². The molecule has 4 aromatic rings. The molecule has 0 saturated carbocycles. The lowest BCUT2D eigenvalue weighted by molar-refractivity contribution is -0.135. The van der Waals surface area contributed by atoms with Gasteiger partial charge in [-0.15, -0.1) is 11.3 Å². The number of piperazine rings is 1. The standard InChI is InChI=1S/C26H23N3O5S2/c30-24(28-14-16-29(17-15-28)36(32,33)19-8-2-1-3-9-19)18-34-26(31)21-11-5-4-10-20(21)25-27-22-12-6-7-13-23(22)35-25/h1-13H,14-18H2. The first-order valence-corrected chi connectivity index (χ1v) is 13.6. The summed E-state index contributed by atoms with van der Waals surface area (Å²) in [5, 5.41) is 0.700. The van der Waals surface area contributed by atoms with Crippen LogP contribution in [0, 0.1) is 0 Å². The van der Waals surface area contributed by atoms with Crippen molar-refractivity contribution >= 4 is 43.5 Å². The zero-order chi connectivity index (χ0) is 25.1. The number of esters is 1. The van der Waals surface area contributed by atoms with Crippen molar-refractivity contribution in [1.82, 2.24) is 14.2 Å². The fraction of sp³-hybridized carbons (Fsp3) is 0.192. The van der Waals surface area contributed by atoms with Crippen LogP contribution in [-0.4, -0.2) is 67.3 Å². The van der Waals surface area contributed by atoms with Crippen LogP contribution < -0.4 is 0 Å². The second-order valence-electron chi connectivity index (χ2n) is 8.21. The van der Waals surface area contributed by atoms with Crippen molar-refractivity contribution in [3.05, 3.63) is 84.4 Å². The van der Waals surface area contributed by atoms with Crippen molar-refractivity contribution in [3.63, 3.8) is 0 Å². The van der Waals surface area contributed by atoms with Crippen molar-refractivity contribution in [2.75, 3.05) is 32.8 Å². The smallest absolute Gasteiger partial charge is 0.339 e. The van der Waals surface area contributed by atoms with E-state index < -0.39 is 22.6 Å². The minimum atomic E-state index is -3.61. The molecule has 0 atom stereocenters. The summed E-state index contributed by atoms with van der Waals surface area (Å²) < 4.78 is 33.3. The van der Waals surface area contributed by atoms with Gasteiger partial charge in [0.15, 0.2) is 6.61 Å². The van der Waals surface area contributed by atoms with E-state index >= 15 is 0 Å². The molecule has 2 heterocycles. The number of nitrogens with zero attached hydrogens (tertiary/aromatic N) is 3. The van der Waals surface area contributed by atoms with E-state index in [4.69, 9.17) is 4.74 Å². The number of thiazole rings is 1. The SMILES string of the molecule is O=C(OCC(=O)N1CCN(S(=O)(=O)c2ccccc2)CC1)c1ccccc1-c1nc2ccccc2s1. The largest absolute Gasteiger partial charge is 0.452 e. The van der Waals surface area contributed by atoms with Gasteiger partial charge in [0, 0.05) is 31.7 Å². The monoisotopic (exact) mass is 521 g/mol. The van der Waals surface area contributed by atoms with Crippen molar-refractivity contribution < 1.29 is 22.7 Å². The number of aromatic nitrogens is 1. The van der Waals surface area contributed by atoms with Gasteiger partial charge in [0.25, 0.3) is 5.91 Å². The number of hydrogen-bond acceptors (Lipinski definition) is 7. The zero-order valence-electron chi connectivity index (χ0n) is 19.2. The van der Waals surface area contributed by atoms with Crippen molar-refractivity contribution in [2.45, 2.75) is 4.90 Å². The highest BCUT2D eigenvalue weighted by Crippen LogP contribution is 2.32. The number of amides is 1. The fourth-order valence-electron chi connectivity index (χ4n) is 4.05. The highest BCUT2D eigenvalue weighted by molar-refractivity contribution is 7.89. The van der Waals surface area contributed by atoms with E-state index in [9.17, 15) is 18.0 Å². The summed E-state index contributed by atoms with van der Waals surface area (Å²) in [5.41, 5.74) is 1.84. The molecule has 184 valence electrons.